The van der Waals surface area contributed by atoms with Crippen LogP contribution < -0.4 is 4.90 Å². The second-order valence-electron chi connectivity index (χ2n) is 6.59. The van der Waals surface area contributed by atoms with E-state index in [4.69, 9.17) is 9.47 Å². The molecule has 2 rings (SSSR count). The highest BCUT2D eigenvalue weighted by Gasteiger charge is 2.31. The van der Waals surface area contributed by atoms with Crippen LogP contribution in [0.5, 0.6) is 0 Å². The number of hydrogen-bond donors (Lipinski definition) is 0. The lowest BCUT2D eigenvalue weighted by molar-refractivity contribution is -0.142. The van der Waals surface area contributed by atoms with Gasteiger partial charge in [-0.15, -0.1) is 0 Å². The summed E-state index contributed by atoms with van der Waals surface area (Å²) in [6, 6.07) is 7.76. The molecule has 0 radical (unpaired) electrons. The monoisotopic (exact) mass is 305 g/mol. The van der Waals surface area contributed by atoms with E-state index in [-0.39, 0.29) is 18.0 Å². The number of hydrogen-bond acceptors (Lipinski definition) is 4. The predicted octanol–water partition coefficient (Wildman–Crippen LogP) is 3.16. The third-order valence-corrected chi connectivity index (χ3v) is 3.37. The number of anilines is 1. The lowest BCUT2D eigenvalue weighted by Gasteiger charge is -2.35. The Bertz CT molecular complexity index is 562. The highest BCUT2D eigenvalue weighted by molar-refractivity contribution is 5.89. The van der Waals surface area contributed by atoms with Gasteiger partial charge < -0.3 is 9.47 Å². The number of esters is 1. The van der Waals surface area contributed by atoms with Gasteiger partial charge in [-0.25, -0.2) is 4.79 Å². The minimum absolute atomic E-state index is 0.0753. The van der Waals surface area contributed by atoms with Gasteiger partial charge in [-0.3, -0.25) is 9.69 Å². The summed E-state index contributed by atoms with van der Waals surface area (Å²) in [5.74, 6) is -0.228. The molecule has 0 aliphatic carbocycles. The second kappa shape index (κ2) is 6.38. The highest BCUT2D eigenvalue weighted by atomic mass is 16.6. The van der Waals surface area contributed by atoms with Crippen LogP contribution in [-0.2, 0) is 20.7 Å². The van der Waals surface area contributed by atoms with E-state index < -0.39 is 5.60 Å². The summed E-state index contributed by atoms with van der Waals surface area (Å²) in [7, 11) is 0. The average molecular weight is 305 g/mol. The maximum atomic E-state index is 12.5. The zero-order chi connectivity index (χ0) is 16.3. The number of benzene rings is 1. The van der Waals surface area contributed by atoms with Crippen LogP contribution in [0.2, 0.25) is 0 Å². The Hall–Kier alpha value is -2.04. The van der Waals surface area contributed by atoms with Crippen LogP contribution in [0.25, 0.3) is 0 Å². The lowest BCUT2D eigenvalue weighted by atomic mass is 9.93. The van der Waals surface area contributed by atoms with Crippen molar-refractivity contribution in [1.29, 1.82) is 0 Å². The molecule has 1 amide bonds. The Morgan fingerprint density at radius 1 is 1.27 bits per heavy atom. The van der Waals surface area contributed by atoms with Gasteiger partial charge in [-0.05, 0) is 38.8 Å². The van der Waals surface area contributed by atoms with E-state index in [1.165, 1.54) is 6.92 Å². The molecule has 1 aliphatic rings. The SMILES string of the molecule is CC(=O)OC[C@H]1Cc2ccccc2N(C(=O)OC(C)(C)C)C1. The fourth-order valence-electron chi connectivity index (χ4n) is 2.52. The molecule has 0 fully saturated rings. The van der Waals surface area contributed by atoms with E-state index in [0.717, 1.165) is 17.7 Å². The van der Waals surface area contributed by atoms with Crippen molar-refractivity contribution in [3.8, 4) is 0 Å². The Balaban J connectivity index is 2.19. The van der Waals surface area contributed by atoms with Gasteiger partial charge in [0.05, 0.1) is 12.3 Å². The number of nitrogens with zero attached hydrogens (tertiary/aromatic N) is 1. The molecule has 0 unspecified atom stereocenters. The molecule has 1 aromatic rings. The van der Waals surface area contributed by atoms with Gasteiger partial charge >= 0.3 is 12.1 Å². The fraction of sp³-hybridized carbons (Fsp3) is 0.529. The lowest BCUT2D eigenvalue weighted by Crippen LogP contribution is -2.44. The molecule has 0 N–H and O–H groups in total. The molecule has 0 saturated heterocycles. The smallest absolute Gasteiger partial charge is 0.414 e. The first kappa shape index (κ1) is 16.3. The summed E-state index contributed by atoms with van der Waals surface area (Å²) in [4.78, 5) is 25.1. The van der Waals surface area contributed by atoms with Gasteiger partial charge in [-0.2, -0.15) is 0 Å². The second-order valence-corrected chi connectivity index (χ2v) is 6.59. The molecule has 0 spiro atoms. The van der Waals surface area contributed by atoms with Crippen LogP contribution in [0, 0.1) is 5.92 Å². The summed E-state index contributed by atoms with van der Waals surface area (Å²) in [5, 5.41) is 0. The van der Waals surface area contributed by atoms with Gasteiger partial charge in [0.1, 0.15) is 5.60 Å². The Morgan fingerprint density at radius 3 is 2.59 bits per heavy atom. The van der Waals surface area contributed by atoms with E-state index in [9.17, 15) is 9.59 Å². The first-order valence-electron chi connectivity index (χ1n) is 7.48. The van der Waals surface area contributed by atoms with Crippen molar-refractivity contribution in [2.24, 2.45) is 5.92 Å². The summed E-state index contributed by atoms with van der Waals surface area (Å²) in [6.07, 6.45) is 0.412. The fourth-order valence-corrected chi connectivity index (χ4v) is 2.52. The maximum absolute atomic E-state index is 12.5. The first-order valence-corrected chi connectivity index (χ1v) is 7.48. The molecule has 1 heterocycles. The van der Waals surface area contributed by atoms with Crippen molar-refractivity contribution >= 4 is 17.7 Å². The minimum Gasteiger partial charge on any atom is -0.465 e. The normalized spacial score (nSPS) is 17.6. The van der Waals surface area contributed by atoms with Gasteiger partial charge in [0, 0.05) is 19.4 Å². The van der Waals surface area contributed by atoms with Crippen LogP contribution in [0.4, 0.5) is 10.5 Å². The zero-order valence-electron chi connectivity index (χ0n) is 13.6. The van der Waals surface area contributed by atoms with Crippen molar-refractivity contribution < 1.29 is 19.1 Å². The van der Waals surface area contributed by atoms with Crippen LogP contribution >= 0.6 is 0 Å². The van der Waals surface area contributed by atoms with Crippen molar-refractivity contribution in [2.75, 3.05) is 18.1 Å². The molecule has 1 atom stereocenters. The molecule has 0 saturated carbocycles. The third kappa shape index (κ3) is 4.23. The largest absolute Gasteiger partial charge is 0.465 e. The van der Waals surface area contributed by atoms with E-state index in [1.54, 1.807) is 4.90 Å². The molecule has 0 bridgehead atoms. The summed E-state index contributed by atoms with van der Waals surface area (Å²) in [6.45, 7) is 7.72. The average Bonchev–Trinajstić information content (AvgIpc) is 2.42. The van der Waals surface area contributed by atoms with Crippen molar-refractivity contribution in [1.82, 2.24) is 0 Å². The standard InChI is InChI=1S/C17H23NO4/c1-12(19)21-11-13-9-14-7-5-6-8-15(14)18(10-13)16(20)22-17(2,3)4/h5-8,13H,9-11H2,1-4H3/t13-/m0/s1. The van der Waals surface area contributed by atoms with Crippen LogP contribution in [0.1, 0.15) is 33.3 Å². The van der Waals surface area contributed by atoms with Gasteiger partial charge in [0.25, 0.3) is 0 Å². The molecule has 5 heteroatoms. The number of ether oxygens (including phenoxy) is 2. The molecule has 5 nitrogen and oxygen atoms in total. The molecule has 0 aromatic heterocycles. The summed E-state index contributed by atoms with van der Waals surface area (Å²) < 4.78 is 10.6. The first-order chi connectivity index (χ1) is 10.3. The topological polar surface area (TPSA) is 55.8 Å². The number of para-hydroxylation sites is 1. The van der Waals surface area contributed by atoms with E-state index in [2.05, 4.69) is 0 Å². The molecule has 120 valence electrons. The van der Waals surface area contributed by atoms with Crippen molar-refractivity contribution in [3.05, 3.63) is 29.8 Å². The van der Waals surface area contributed by atoms with Gasteiger partial charge in [-0.1, -0.05) is 18.2 Å². The van der Waals surface area contributed by atoms with Crippen molar-refractivity contribution in [3.63, 3.8) is 0 Å². The zero-order valence-corrected chi connectivity index (χ0v) is 13.6. The van der Waals surface area contributed by atoms with E-state index in [1.807, 2.05) is 45.0 Å². The molecular formula is C17H23NO4. The van der Waals surface area contributed by atoms with Gasteiger partial charge in [0.2, 0.25) is 0 Å². The molecular weight excluding hydrogens is 282 g/mol. The number of carbonyl (C=O) groups excluding carboxylic acids is 2. The molecule has 22 heavy (non-hydrogen) atoms. The maximum Gasteiger partial charge on any atom is 0.414 e. The number of carbonyl (C=O) groups is 2. The number of amides is 1. The van der Waals surface area contributed by atoms with E-state index >= 15 is 0 Å². The van der Waals surface area contributed by atoms with Crippen LogP contribution in [0.3, 0.4) is 0 Å². The minimum atomic E-state index is -0.547. The van der Waals surface area contributed by atoms with Crippen LogP contribution in [0.15, 0.2) is 24.3 Å². The van der Waals surface area contributed by atoms with Crippen LogP contribution in [-0.4, -0.2) is 30.8 Å². The number of rotatable bonds is 2. The summed E-state index contributed by atoms with van der Waals surface area (Å²) >= 11 is 0. The number of fused-ring (bicyclic) bond motifs is 1. The highest BCUT2D eigenvalue weighted by Crippen LogP contribution is 2.31. The quantitative estimate of drug-likeness (QED) is 0.788. The van der Waals surface area contributed by atoms with E-state index in [0.29, 0.717) is 13.2 Å². The molecule has 1 aromatic carbocycles. The van der Waals surface area contributed by atoms with Crippen molar-refractivity contribution in [2.45, 2.75) is 39.7 Å². The Labute approximate surface area is 131 Å². The predicted molar refractivity (Wildman–Crippen MR) is 83.8 cm³/mol. The van der Waals surface area contributed by atoms with Gasteiger partial charge in [0.15, 0.2) is 0 Å². The third-order valence-electron chi connectivity index (χ3n) is 3.37. The molecule has 1 aliphatic heterocycles. The Morgan fingerprint density at radius 2 is 1.95 bits per heavy atom. The summed E-state index contributed by atoms with van der Waals surface area (Å²) in [5.41, 5.74) is 1.39. The Kier molecular flexibility index (Phi) is 4.74.